The lowest BCUT2D eigenvalue weighted by Gasteiger charge is -2.16. The van der Waals surface area contributed by atoms with Crippen LogP contribution in [0, 0.1) is 6.92 Å². The number of rotatable bonds is 9. The summed E-state index contributed by atoms with van der Waals surface area (Å²) in [7, 11) is 1.79. The lowest BCUT2D eigenvalue weighted by molar-refractivity contribution is -0.120. The molecule has 7 nitrogen and oxygen atoms in total. The van der Waals surface area contributed by atoms with Gasteiger partial charge in [0.25, 0.3) is 17.4 Å². The molecular weight excluding hydrogens is 508 g/mol. The summed E-state index contributed by atoms with van der Waals surface area (Å²) < 4.78 is 3.27. The average molecular weight is 539 g/mol. The van der Waals surface area contributed by atoms with Gasteiger partial charge in [-0.2, -0.15) is 0 Å². The minimum atomic E-state index is -0.492. The van der Waals surface area contributed by atoms with Crippen molar-refractivity contribution in [3.8, 4) is 5.69 Å². The second-order valence-electron chi connectivity index (χ2n) is 9.40. The molecular formula is C31H30N4O3S. The van der Waals surface area contributed by atoms with Crippen LogP contribution in [-0.2, 0) is 23.1 Å². The molecule has 0 unspecified atom stereocenters. The molecule has 2 heterocycles. The van der Waals surface area contributed by atoms with Gasteiger partial charge >= 0.3 is 0 Å². The summed E-state index contributed by atoms with van der Waals surface area (Å²) in [6, 6.07) is 26.2. The fourth-order valence-electron chi connectivity index (χ4n) is 4.59. The molecule has 1 N–H and O–H groups in total. The van der Waals surface area contributed by atoms with Crippen LogP contribution >= 0.6 is 11.8 Å². The van der Waals surface area contributed by atoms with Crippen LogP contribution in [0.5, 0.6) is 0 Å². The van der Waals surface area contributed by atoms with Crippen molar-refractivity contribution >= 4 is 35.0 Å². The number of unbranched alkanes of at least 4 members (excludes halogenated alkanes) is 1. The van der Waals surface area contributed by atoms with Crippen molar-refractivity contribution in [3.63, 3.8) is 0 Å². The number of amides is 2. The van der Waals surface area contributed by atoms with Gasteiger partial charge in [-0.25, -0.2) is 9.58 Å². The minimum absolute atomic E-state index is 0.0925. The van der Waals surface area contributed by atoms with Gasteiger partial charge in [-0.1, -0.05) is 73.6 Å². The predicted molar refractivity (Wildman–Crippen MR) is 156 cm³/mol. The largest absolute Gasteiger partial charge is 0.344 e. The molecule has 0 bridgehead atoms. The lowest BCUT2D eigenvalue weighted by Crippen LogP contribution is -2.32. The number of para-hydroxylation sites is 1. The van der Waals surface area contributed by atoms with Gasteiger partial charge in [-0.15, -0.1) is 0 Å². The Kier molecular flexibility index (Phi) is 7.56. The maximum atomic E-state index is 13.8. The van der Waals surface area contributed by atoms with E-state index in [0.29, 0.717) is 17.1 Å². The normalized spacial score (nSPS) is 13.5. The first-order valence-corrected chi connectivity index (χ1v) is 13.8. The van der Waals surface area contributed by atoms with Gasteiger partial charge in [0.1, 0.15) is 16.3 Å². The number of hydrogen-bond donors (Lipinski definition) is 1. The zero-order valence-electron chi connectivity index (χ0n) is 22.2. The monoisotopic (exact) mass is 538 g/mol. The number of anilines is 2. The molecule has 1 aliphatic heterocycles. The molecule has 198 valence electrons. The van der Waals surface area contributed by atoms with Gasteiger partial charge < -0.3 is 5.32 Å². The molecule has 0 aliphatic carbocycles. The zero-order valence-corrected chi connectivity index (χ0v) is 23.0. The third kappa shape index (κ3) is 5.07. The maximum Gasteiger partial charge on any atom is 0.295 e. The number of benzene rings is 3. The molecule has 1 aliphatic rings. The summed E-state index contributed by atoms with van der Waals surface area (Å²) in [6.07, 6.45) is 3.11. The van der Waals surface area contributed by atoms with Gasteiger partial charge in [0.2, 0.25) is 0 Å². The van der Waals surface area contributed by atoms with E-state index in [1.54, 1.807) is 11.7 Å². The van der Waals surface area contributed by atoms with E-state index in [1.165, 1.54) is 21.3 Å². The zero-order chi connectivity index (χ0) is 27.5. The number of nitrogens with zero attached hydrogens (tertiary/aromatic N) is 3. The number of carbonyl (C=O) groups excluding carboxylic acids is 2. The molecule has 0 saturated carbocycles. The number of imide groups is 1. The van der Waals surface area contributed by atoms with Gasteiger partial charge in [-0.3, -0.25) is 19.1 Å². The van der Waals surface area contributed by atoms with E-state index in [0.717, 1.165) is 29.7 Å². The Labute approximate surface area is 231 Å². The van der Waals surface area contributed by atoms with E-state index >= 15 is 0 Å². The Bertz CT molecular complexity index is 1600. The van der Waals surface area contributed by atoms with Gasteiger partial charge in [0.05, 0.1) is 17.1 Å². The van der Waals surface area contributed by atoms with Crippen molar-refractivity contribution in [3.05, 3.63) is 117 Å². The fourth-order valence-corrected chi connectivity index (χ4v) is 5.53. The molecule has 0 atom stereocenters. The Morgan fingerprint density at radius 3 is 2.08 bits per heavy atom. The van der Waals surface area contributed by atoms with E-state index in [9.17, 15) is 14.4 Å². The first kappa shape index (κ1) is 26.3. The highest BCUT2D eigenvalue weighted by molar-refractivity contribution is 8.04. The van der Waals surface area contributed by atoms with Crippen LogP contribution in [0.15, 0.2) is 105 Å². The second kappa shape index (κ2) is 11.2. The molecule has 4 aromatic rings. The topological polar surface area (TPSA) is 76.3 Å². The Hall–Kier alpha value is -4.30. The number of hydrogen-bond acceptors (Lipinski definition) is 5. The van der Waals surface area contributed by atoms with Crippen LogP contribution < -0.4 is 15.8 Å². The molecule has 0 radical (unpaired) electrons. The summed E-state index contributed by atoms with van der Waals surface area (Å²) >= 11 is 1.21. The molecule has 8 heteroatoms. The van der Waals surface area contributed by atoms with Crippen LogP contribution in [0.25, 0.3) is 5.69 Å². The highest BCUT2D eigenvalue weighted by atomic mass is 32.2. The Morgan fingerprint density at radius 2 is 1.44 bits per heavy atom. The predicted octanol–water partition coefficient (Wildman–Crippen LogP) is 5.82. The molecule has 2 amide bonds. The molecule has 0 fully saturated rings. The standard InChI is InChI=1S/C31H30N4O3S/c1-4-5-12-22-17-19-23(20-18-22)34-29(36)27(28(31(34)38)39-25-15-10-7-11-16-25)32-26-21(2)33(3)35(30(26)37)24-13-8-6-9-14-24/h6-11,13-20,32H,4-5,12H2,1-3H3. The van der Waals surface area contributed by atoms with Gasteiger partial charge in [0.15, 0.2) is 0 Å². The van der Waals surface area contributed by atoms with E-state index in [-0.39, 0.29) is 21.8 Å². The van der Waals surface area contributed by atoms with Crippen LogP contribution in [0.4, 0.5) is 11.4 Å². The number of aromatic nitrogens is 2. The van der Waals surface area contributed by atoms with Crippen molar-refractivity contribution in [1.29, 1.82) is 0 Å². The third-order valence-corrected chi connectivity index (χ3v) is 7.91. The van der Waals surface area contributed by atoms with Crippen molar-refractivity contribution < 1.29 is 9.59 Å². The van der Waals surface area contributed by atoms with Crippen molar-refractivity contribution in [2.75, 3.05) is 10.2 Å². The highest BCUT2D eigenvalue weighted by Gasteiger charge is 2.41. The Balaban J connectivity index is 1.55. The van der Waals surface area contributed by atoms with E-state index < -0.39 is 11.8 Å². The van der Waals surface area contributed by atoms with Crippen LogP contribution in [0.1, 0.15) is 31.0 Å². The van der Waals surface area contributed by atoms with Crippen LogP contribution in [-0.4, -0.2) is 21.2 Å². The number of carbonyl (C=O) groups is 2. The number of aryl methyl sites for hydroxylation is 1. The average Bonchev–Trinajstić information content (AvgIpc) is 3.31. The Morgan fingerprint density at radius 1 is 0.795 bits per heavy atom. The molecule has 5 rings (SSSR count). The fraction of sp³-hybridized carbons (Fsp3) is 0.194. The summed E-state index contributed by atoms with van der Waals surface area (Å²) in [6.45, 7) is 3.95. The SMILES string of the molecule is CCCCc1ccc(N2C(=O)C(Nc3c(C)n(C)n(-c4ccccc4)c3=O)=C(Sc3ccccc3)C2=O)cc1. The smallest absolute Gasteiger partial charge is 0.295 e. The van der Waals surface area contributed by atoms with E-state index in [1.807, 2.05) is 91.9 Å². The summed E-state index contributed by atoms with van der Waals surface area (Å²) in [5, 5.41) is 3.09. The number of thioether (sulfide) groups is 1. The molecule has 3 aromatic carbocycles. The quantitative estimate of drug-likeness (QED) is 0.272. The first-order chi connectivity index (χ1) is 18.9. The maximum absolute atomic E-state index is 13.8. The van der Waals surface area contributed by atoms with Crippen LogP contribution in [0.2, 0.25) is 0 Å². The molecule has 1 aromatic heterocycles. The van der Waals surface area contributed by atoms with E-state index in [4.69, 9.17) is 0 Å². The van der Waals surface area contributed by atoms with Crippen LogP contribution in [0.3, 0.4) is 0 Å². The van der Waals surface area contributed by atoms with Crippen molar-refractivity contribution in [2.24, 2.45) is 7.05 Å². The van der Waals surface area contributed by atoms with Gasteiger partial charge in [0, 0.05) is 11.9 Å². The van der Waals surface area contributed by atoms with E-state index in [2.05, 4.69) is 12.2 Å². The summed E-state index contributed by atoms with van der Waals surface area (Å²) in [5.41, 5.74) is 3.03. The summed E-state index contributed by atoms with van der Waals surface area (Å²) in [4.78, 5) is 43.4. The molecule has 39 heavy (non-hydrogen) atoms. The second-order valence-corrected chi connectivity index (χ2v) is 10.5. The minimum Gasteiger partial charge on any atom is -0.344 e. The third-order valence-electron chi connectivity index (χ3n) is 6.82. The molecule has 0 spiro atoms. The van der Waals surface area contributed by atoms with Gasteiger partial charge in [-0.05, 0) is 61.7 Å². The highest BCUT2D eigenvalue weighted by Crippen LogP contribution is 2.38. The number of nitrogens with one attached hydrogen (secondary N) is 1. The van der Waals surface area contributed by atoms with Crippen molar-refractivity contribution in [1.82, 2.24) is 9.36 Å². The first-order valence-electron chi connectivity index (χ1n) is 13.0. The molecule has 0 saturated heterocycles. The van der Waals surface area contributed by atoms with Crippen molar-refractivity contribution in [2.45, 2.75) is 38.0 Å². The summed E-state index contributed by atoms with van der Waals surface area (Å²) in [5.74, 6) is -0.914. The lowest BCUT2D eigenvalue weighted by atomic mass is 10.1.